The fourth-order valence-corrected chi connectivity index (χ4v) is 3.25. The molecule has 5 atom stereocenters. The van der Waals surface area contributed by atoms with Gasteiger partial charge in [0.05, 0.1) is 13.2 Å². The minimum atomic E-state index is -1.20. The lowest BCUT2D eigenvalue weighted by atomic mass is 9.96. The van der Waals surface area contributed by atoms with Crippen LogP contribution in [-0.4, -0.2) is 92.3 Å². The highest BCUT2D eigenvalue weighted by Crippen LogP contribution is 2.28. The third-order valence-electron chi connectivity index (χ3n) is 4.32. The molecule has 0 aromatic rings. The van der Waals surface area contributed by atoms with Gasteiger partial charge < -0.3 is 39.1 Å². The van der Waals surface area contributed by atoms with Crippen LogP contribution in [0.5, 0.6) is 0 Å². The summed E-state index contributed by atoms with van der Waals surface area (Å²) in [4.78, 5) is 58.6. The Morgan fingerprint density at radius 2 is 1.49 bits per heavy atom. The fraction of sp³-hybridized carbons (Fsp3) is 0.773. The number of esters is 4. The predicted molar refractivity (Wildman–Crippen MR) is 119 cm³/mol. The van der Waals surface area contributed by atoms with E-state index in [1.54, 1.807) is 20.8 Å². The van der Waals surface area contributed by atoms with E-state index in [-0.39, 0.29) is 26.3 Å². The maximum Gasteiger partial charge on any atom is 0.320 e. The molecule has 2 N–H and O–H groups in total. The molecule has 0 aliphatic carbocycles. The summed E-state index contributed by atoms with van der Waals surface area (Å²) in [5, 5.41) is 5.47. The molecule has 0 spiro atoms. The van der Waals surface area contributed by atoms with Gasteiger partial charge in [0, 0.05) is 34.2 Å². The highest BCUT2D eigenvalue weighted by atomic mass is 16.7. The Bertz CT molecular complexity index is 765. The number of carbonyl (C=O) groups is 5. The quantitative estimate of drug-likeness (QED) is 0.213. The highest BCUT2D eigenvalue weighted by molar-refractivity contribution is 5.74. The minimum absolute atomic E-state index is 0.0227. The van der Waals surface area contributed by atoms with Gasteiger partial charge in [-0.15, -0.1) is 0 Å². The molecule has 1 aliphatic heterocycles. The first kappa shape index (κ1) is 30.3. The van der Waals surface area contributed by atoms with Gasteiger partial charge in [-0.1, -0.05) is 0 Å². The molecule has 0 unspecified atom stereocenters. The molecule has 1 saturated heterocycles. The molecule has 200 valence electrons. The van der Waals surface area contributed by atoms with Gasteiger partial charge in [-0.25, -0.2) is 0 Å². The normalized spacial score (nSPS) is 24.1. The first-order chi connectivity index (χ1) is 16.2. The summed E-state index contributed by atoms with van der Waals surface area (Å²) in [6.07, 6.45) is -4.62. The van der Waals surface area contributed by atoms with Crippen LogP contribution in [0.1, 0.15) is 48.5 Å². The van der Waals surface area contributed by atoms with Crippen molar-refractivity contribution >= 4 is 29.8 Å². The predicted octanol–water partition coefficient (Wildman–Crippen LogP) is -0.410. The second kappa shape index (κ2) is 14.0. The van der Waals surface area contributed by atoms with Crippen LogP contribution in [0.15, 0.2) is 0 Å². The van der Waals surface area contributed by atoms with Crippen LogP contribution in [0, 0.1) is 0 Å². The van der Waals surface area contributed by atoms with Gasteiger partial charge in [0.15, 0.2) is 18.5 Å². The second-order valence-corrected chi connectivity index (χ2v) is 8.85. The molecule has 1 fully saturated rings. The molecule has 35 heavy (non-hydrogen) atoms. The lowest BCUT2D eigenvalue weighted by molar-refractivity contribution is -0.277. The van der Waals surface area contributed by atoms with E-state index in [4.69, 9.17) is 28.4 Å². The van der Waals surface area contributed by atoms with E-state index < -0.39 is 66.0 Å². The zero-order chi connectivity index (χ0) is 26.8. The van der Waals surface area contributed by atoms with Crippen molar-refractivity contribution < 1.29 is 52.4 Å². The number of hydrogen-bond acceptors (Lipinski definition) is 12. The van der Waals surface area contributed by atoms with Crippen molar-refractivity contribution in [2.24, 2.45) is 0 Å². The van der Waals surface area contributed by atoms with Gasteiger partial charge >= 0.3 is 23.9 Å². The van der Waals surface area contributed by atoms with Crippen LogP contribution >= 0.6 is 0 Å². The smallest absolute Gasteiger partial charge is 0.320 e. The molecule has 0 bridgehead atoms. The first-order valence-corrected chi connectivity index (χ1v) is 11.1. The van der Waals surface area contributed by atoms with Crippen LogP contribution < -0.4 is 10.6 Å². The Labute approximate surface area is 204 Å². The van der Waals surface area contributed by atoms with E-state index in [2.05, 4.69) is 10.6 Å². The van der Waals surface area contributed by atoms with Gasteiger partial charge in [0.1, 0.15) is 24.4 Å². The monoisotopic (exact) mass is 504 g/mol. The lowest BCUT2D eigenvalue weighted by Crippen LogP contribution is -2.66. The van der Waals surface area contributed by atoms with Crippen LogP contribution in [0.2, 0.25) is 0 Å². The van der Waals surface area contributed by atoms with Crippen molar-refractivity contribution in [3.63, 3.8) is 0 Å². The molecule has 0 saturated carbocycles. The SMILES string of the molecule is CC(=O)N[C@H]1[C@@H](OCCNCC(=O)OC(C)(C)C)O[C@H](COC(C)=O)[C@H](OC(C)=O)[C@@H]1OC(C)=O. The van der Waals surface area contributed by atoms with Crippen molar-refractivity contribution in [3.8, 4) is 0 Å². The van der Waals surface area contributed by atoms with Crippen molar-refractivity contribution in [2.45, 2.75) is 84.7 Å². The van der Waals surface area contributed by atoms with Gasteiger partial charge in [0.2, 0.25) is 5.91 Å². The number of hydrogen-bond donors (Lipinski definition) is 2. The van der Waals surface area contributed by atoms with Crippen LogP contribution in [0.3, 0.4) is 0 Å². The van der Waals surface area contributed by atoms with E-state index in [0.717, 1.165) is 13.8 Å². The number of carbonyl (C=O) groups excluding carboxylic acids is 5. The van der Waals surface area contributed by atoms with Crippen LogP contribution in [0.25, 0.3) is 0 Å². The zero-order valence-corrected chi connectivity index (χ0v) is 21.2. The molecule has 13 heteroatoms. The van der Waals surface area contributed by atoms with Crippen molar-refractivity contribution in [2.75, 3.05) is 26.3 Å². The number of rotatable bonds is 11. The number of nitrogens with one attached hydrogen (secondary N) is 2. The highest BCUT2D eigenvalue weighted by Gasteiger charge is 2.51. The summed E-state index contributed by atoms with van der Waals surface area (Å²) >= 11 is 0. The van der Waals surface area contributed by atoms with Gasteiger partial charge in [-0.2, -0.15) is 0 Å². The summed E-state index contributed by atoms with van der Waals surface area (Å²) in [5.74, 6) is -2.92. The van der Waals surface area contributed by atoms with E-state index in [9.17, 15) is 24.0 Å². The van der Waals surface area contributed by atoms with E-state index in [1.165, 1.54) is 13.8 Å². The Hall–Kier alpha value is -2.77. The Morgan fingerprint density at radius 3 is 2.00 bits per heavy atom. The average molecular weight is 505 g/mol. The molecular formula is C22H36N2O11. The zero-order valence-electron chi connectivity index (χ0n) is 21.2. The van der Waals surface area contributed by atoms with E-state index in [0.29, 0.717) is 0 Å². The van der Waals surface area contributed by atoms with Crippen LogP contribution in [-0.2, 0) is 52.4 Å². The number of ether oxygens (including phenoxy) is 6. The lowest BCUT2D eigenvalue weighted by Gasteiger charge is -2.44. The van der Waals surface area contributed by atoms with E-state index in [1.807, 2.05) is 0 Å². The summed E-state index contributed by atoms with van der Waals surface area (Å²) in [6, 6.07) is -1.06. The summed E-state index contributed by atoms with van der Waals surface area (Å²) in [6.45, 7) is 9.87. The van der Waals surface area contributed by atoms with Gasteiger partial charge in [-0.05, 0) is 20.8 Å². The Kier molecular flexibility index (Phi) is 12.1. The summed E-state index contributed by atoms with van der Waals surface area (Å²) in [7, 11) is 0. The summed E-state index contributed by atoms with van der Waals surface area (Å²) < 4.78 is 32.5. The van der Waals surface area contributed by atoms with Crippen LogP contribution in [0.4, 0.5) is 0 Å². The molecule has 0 aromatic carbocycles. The maximum absolute atomic E-state index is 11.9. The van der Waals surface area contributed by atoms with E-state index >= 15 is 0 Å². The molecule has 1 rings (SSSR count). The topological polar surface area (TPSA) is 165 Å². The summed E-state index contributed by atoms with van der Waals surface area (Å²) in [5.41, 5.74) is -0.613. The molecule has 0 aromatic heterocycles. The Morgan fingerprint density at radius 1 is 0.886 bits per heavy atom. The maximum atomic E-state index is 11.9. The third kappa shape index (κ3) is 12.0. The minimum Gasteiger partial charge on any atom is -0.463 e. The first-order valence-electron chi connectivity index (χ1n) is 11.1. The second-order valence-electron chi connectivity index (χ2n) is 8.85. The molecule has 13 nitrogen and oxygen atoms in total. The van der Waals surface area contributed by atoms with Crippen molar-refractivity contribution in [3.05, 3.63) is 0 Å². The van der Waals surface area contributed by atoms with Gasteiger partial charge in [0.25, 0.3) is 0 Å². The molecule has 0 radical (unpaired) electrons. The van der Waals surface area contributed by atoms with Gasteiger partial charge in [-0.3, -0.25) is 24.0 Å². The molecule has 1 heterocycles. The average Bonchev–Trinajstić information content (AvgIpc) is 2.67. The van der Waals surface area contributed by atoms with Crippen molar-refractivity contribution in [1.82, 2.24) is 10.6 Å². The standard InChI is InChI=1S/C22H36N2O11/c1-12(25)24-18-20(33-15(4)28)19(32-14(3)27)16(11-31-13(2)26)34-21(18)30-9-8-23-10-17(29)35-22(5,6)7/h16,18-21,23H,8-11H2,1-7H3,(H,24,25)/t16-,18-,19+,20-,21+/m1/s1. The third-order valence-corrected chi connectivity index (χ3v) is 4.32. The molecule has 1 aliphatic rings. The largest absolute Gasteiger partial charge is 0.463 e. The molecule has 1 amide bonds. The number of amides is 1. The van der Waals surface area contributed by atoms with Crippen molar-refractivity contribution in [1.29, 1.82) is 0 Å². The fourth-order valence-electron chi connectivity index (χ4n) is 3.25. The molecular weight excluding hydrogens is 468 g/mol. The Balaban J connectivity index is 2.98.